The minimum atomic E-state index is -0.994. The van der Waals surface area contributed by atoms with Crippen molar-refractivity contribution in [3.8, 4) is 0 Å². The maximum atomic E-state index is 10.3. The Labute approximate surface area is 671 Å². The van der Waals surface area contributed by atoms with E-state index in [1.165, 1.54) is 0 Å². The molecule has 11 heterocycles. The minimum absolute atomic E-state index is 0.00958. The minimum Gasteiger partial charge on any atom is -0.411 e. The first kappa shape index (κ1) is 109. The molecule has 0 amide bonds. The molecule has 11 aliphatic heterocycles. The molecule has 14 N–H and O–H groups in total. The van der Waals surface area contributed by atoms with Crippen LogP contribution in [0.2, 0.25) is 75.1 Å². The molecule has 112 heavy (non-hydrogen) atoms. The van der Waals surface area contributed by atoms with E-state index in [-0.39, 0.29) is 192 Å². The monoisotopic (exact) mass is 1620 g/mol. The van der Waals surface area contributed by atoms with E-state index < -0.39 is 56.3 Å². The van der Waals surface area contributed by atoms with E-state index in [0.717, 1.165) is 6.42 Å². The summed E-state index contributed by atoms with van der Waals surface area (Å²) in [5.41, 5.74) is -6.46. The summed E-state index contributed by atoms with van der Waals surface area (Å²) in [7, 11) is -2.21. The number of hydrogen-bond acceptors (Lipinski definition) is 36. The van der Waals surface area contributed by atoms with Gasteiger partial charge in [0.2, 0.25) is 0 Å². The van der Waals surface area contributed by atoms with Crippen LogP contribution >= 0.6 is 0 Å². The molecule has 11 saturated heterocycles. The van der Waals surface area contributed by atoms with Crippen LogP contribution in [0.4, 0.5) is 0 Å². The summed E-state index contributed by atoms with van der Waals surface area (Å²) < 4.78 is 114. The van der Waals surface area contributed by atoms with Crippen molar-refractivity contribution in [2.24, 2.45) is 16.2 Å². The van der Waals surface area contributed by atoms with Crippen molar-refractivity contribution < 1.29 is 174 Å². The van der Waals surface area contributed by atoms with Crippen molar-refractivity contribution in [3.05, 3.63) is 0 Å². The summed E-state index contributed by atoms with van der Waals surface area (Å²) in [5, 5.41) is 126. The molecule has 8 unspecified atom stereocenters. The van der Waals surface area contributed by atoms with Gasteiger partial charge in [0.15, 0.2) is 0 Å². The van der Waals surface area contributed by atoms with Crippen LogP contribution in [0.1, 0.15) is 103 Å². The molecule has 11 fully saturated rings. The van der Waals surface area contributed by atoms with Crippen molar-refractivity contribution in [3.63, 3.8) is 0 Å². The molecular formula is C65H141B11O36. The Balaban J connectivity index is 0.000000618. The highest BCUT2D eigenvalue weighted by molar-refractivity contribution is 6.46. The molecule has 650 valence electrons. The fraction of sp³-hybridized carbons (Fsp3) is 1.00. The highest BCUT2D eigenvalue weighted by Gasteiger charge is 2.58. The number of hydrogen-bond donors (Lipinski definition) is 14. The Hall–Kier alpha value is -0.726. The second kappa shape index (κ2) is 50.6. The van der Waals surface area contributed by atoms with Crippen LogP contribution < -0.4 is 0 Å². The van der Waals surface area contributed by atoms with Gasteiger partial charge in [-0.25, -0.2) is 0 Å². The SMILES string of the molecule is CB1OC(C)(C)C(C)(CO)O1.CB1OC(C)(C)C(C)(O)C(C)(C)O1.CB1OC(C)(CO)C(C)(CO)O1.CB1OC(C)C(CO)O1.CB1OC(CO)C(CO)O1.CB1OCC(C)(CO)CO1.CB1OCC(C)(O)CO1.CB1OCC(CO)(CO)CO1.CB1OCC(CO)O1.CB1OCC(O)CO1.CCC1(CO)COB(C)OC1. The van der Waals surface area contributed by atoms with Crippen molar-refractivity contribution >= 4 is 78.3 Å². The number of rotatable bonds is 12. The fourth-order valence-electron chi connectivity index (χ4n) is 11.3. The van der Waals surface area contributed by atoms with Crippen LogP contribution in [0, 0.1) is 16.2 Å². The zero-order chi connectivity index (χ0) is 86.1. The van der Waals surface area contributed by atoms with Gasteiger partial charge in [0, 0.05) is 50.5 Å². The molecule has 11 aliphatic rings. The molecule has 36 nitrogen and oxygen atoms in total. The average molecular weight is 1620 g/mol. The van der Waals surface area contributed by atoms with Gasteiger partial charge in [-0.15, -0.1) is 0 Å². The van der Waals surface area contributed by atoms with E-state index in [4.69, 9.17) is 164 Å². The Morgan fingerprint density at radius 3 is 0.893 bits per heavy atom. The highest BCUT2D eigenvalue weighted by atomic mass is 16.7. The van der Waals surface area contributed by atoms with Gasteiger partial charge >= 0.3 is 78.3 Å². The summed E-state index contributed by atoms with van der Waals surface area (Å²) >= 11 is 0. The van der Waals surface area contributed by atoms with Crippen molar-refractivity contribution in [1.29, 1.82) is 0 Å². The normalized spacial score (nSPS) is 30.2. The molecule has 0 aromatic rings. The first-order valence-electron chi connectivity index (χ1n) is 38.8. The molecule has 0 aromatic carbocycles. The van der Waals surface area contributed by atoms with E-state index in [0.29, 0.717) is 72.7 Å². The molecule has 0 radical (unpaired) electrons. The van der Waals surface area contributed by atoms with Gasteiger partial charge in [-0.2, -0.15) is 0 Å². The molecule has 0 aromatic heterocycles. The molecule has 0 spiro atoms. The zero-order valence-electron chi connectivity index (χ0n) is 71.8. The van der Waals surface area contributed by atoms with Gasteiger partial charge in [-0.05, 0) is 165 Å². The Bertz CT molecular complexity index is 2350. The van der Waals surface area contributed by atoms with Gasteiger partial charge in [-0.1, -0.05) is 13.8 Å². The predicted molar refractivity (Wildman–Crippen MR) is 426 cm³/mol. The van der Waals surface area contributed by atoms with Gasteiger partial charge < -0.3 is 174 Å². The first-order valence-corrected chi connectivity index (χ1v) is 38.8. The number of aliphatic hydroxyl groups excluding tert-OH is 12. The standard InChI is InChI=1S/C9H19BO3.C7H15BO4.2C7H15BO3.C6H13BO4.C6H13BO3.C5H11BO4.2C5H11BO3.2C4H9BO3/c1-7(2)9(5,11)8(3,4)13-10(6)12-7;1-6(4-9)7(2,5-10)12-8(3)11-6;1-6(2)7(3,5-9)11-8(4)10-6;1-3-7(4-9)5-10-8(2)11-6-7;1-7-10-4-6(2-8,3-9)5-11-7;1-6(3-8)4-9-7(2)10-5-6;1-6-9-4(2-7)5(3-8)10-6;1-5(7)3-8-6(2)9-4-5;1-4-5(3-7)9-6(2)8-4;1-5-7-2-4(6)3-8-5;1-5-7-3-4(2-6)8-5/h11H,1-6H3;9-10H,4-5H2,1-3H3;9H,5H2,1-4H3;9H,3-6H2,1-2H3;8-9H,2-5H2,1H3;8H,3-5H2,1-2H3;4-5,7-8H,2-3H2,1H3;7H,3-4H2,1-2H3;4-5,7H,3H2,1-2H3;2*4,6H,2-3H2,1H3. The maximum absolute atomic E-state index is 10.3. The molecular weight excluding hydrogens is 1480 g/mol. The fourth-order valence-corrected chi connectivity index (χ4v) is 11.3. The van der Waals surface area contributed by atoms with E-state index in [1.54, 1.807) is 48.2 Å². The largest absolute Gasteiger partial charge is 0.454 e. The van der Waals surface area contributed by atoms with E-state index in [1.807, 2.05) is 124 Å². The Morgan fingerprint density at radius 1 is 0.304 bits per heavy atom. The van der Waals surface area contributed by atoms with Gasteiger partial charge in [-0.3, -0.25) is 0 Å². The summed E-state index contributed by atoms with van der Waals surface area (Å²) in [6, 6.07) is 0. The van der Waals surface area contributed by atoms with Gasteiger partial charge in [0.1, 0.15) is 28.0 Å². The van der Waals surface area contributed by atoms with Crippen LogP contribution in [0.5, 0.6) is 0 Å². The average Bonchev–Trinajstić information content (AvgIpc) is 0.988. The lowest BCUT2D eigenvalue weighted by molar-refractivity contribution is -0.236. The van der Waals surface area contributed by atoms with Gasteiger partial charge in [0.25, 0.3) is 0 Å². The van der Waals surface area contributed by atoms with Crippen LogP contribution in [0.25, 0.3) is 0 Å². The van der Waals surface area contributed by atoms with E-state index >= 15 is 0 Å². The van der Waals surface area contributed by atoms with Gasteiger partial charge in [0.05, 0.1) is 165 Å². The first-order chi connectivity index (χ1) is 51.8. The number of aliphatic hydroxyl groups is 14. The third-order valence-corrected chi connectivity index (χ3v) is 20.7. The highest BCUT2D eigenvalue weighted by Crippen LogP contribution is 2.43. The summed E-state index contributed by atoms with van der Waals surface area (Å²) in [6.45, 7) is 50.8. The molecule has 8 atom stereocenters. The van der Waals surface area contributed by atoms with E-state index in [9.17, 15) is 10.2 Å². The Kier molecular flexibility index (Phi) is 49.4. The van der Waals surface area contributed by atoms with Crippen molar-refractivity contribution in [2.75, 3.05) is 145 Å². The molecule has 0 bridgehead atoms. The maximum Gasteiger partial charge on any atom is 0.454 e. The molecule has 0 saturated carbocycles. The van der Waals surface area contributed by atoms with E-state index in [2.05, 4.69) is 0 Å². The van der Waals surface area contributed by atoms with Crippen molar-refractivity contribution in [1.82, 2.24) is 0 Å². The lowest BCUT2D eigenvalue weighted by Crippen LogP contribution is -2.69. The second-order valence-electron chi connectivity index (χ2n) is 32.5. The third kappa shape index (κ3) is 36.1. The molecule has 47 heteroatoms. The van der Waals surface area contributed by atoms with Crippen LogP contribution in [-0.2, 0) is 102 Å². The lowest BCUT2D eigenvalue weighted by atomic mass is 9.70. The van der Waals surface area contributed by atoms with Crippen molar-refractivity contribution in [2.45, 2.75) is 260 Å². The lowest BCUT2D eigenvalue weighted by Gasteiger charge is -2.55. The smallest absolute Gasteiger partial charge is 0.411 e. The zero-order valence-corrected chi connectivity index (χ0v) is 71.8. The topological polar surface area (TPSA) is 486 Å². The summed E-state index contributed by atoms with van der Waals surface area (Å²) in [6.07, 6.45) is -0.433. The quantitative estimate of drug-likeness (QED) is 0.108. The summed E-state index contributed by atoms with van der Waals surface area (Å²) in [5.74, 6) is 0. The molecule has 11 rings (SSSR count). The van der Waals surface area contributed by atoms with Crippen LogP contribution in [0.15, 0.2) is 0 Å². The Morgan fingerprint density at radius 2 is 0.625 bits per heavy atom. The molecule has 0 aliphatic carbocycles. The van der Waals surface area contributed by atoms with Crippen LogP contribution in [0.3, 0.4) is 0 Å². The third-order valence-electron chi connectivity index (χ3n) is 20.7. The predicted octanol–water partition coefficient (Wildman–Crippen LogP) is -0.695. The second-order valence-corrected chi connectivity index (χ2v) is 32.5. The van der Waals surface area contributed by atoms with Crippen LogP contribution in [-0.4, -0.2) is 377 Å². The summed E-state index contributed by atoms with van der Waals surface area (Å²) in [4.78, 5) is 0.